The summed E-state index contributed by atoms with van der Waals surface area (Å²) in [5, 5.41) is 6.74. The third-order valence-corrected chi connectivity index (χ3v) is 4.74. The van der Waals surface area contributed by atoms with Crippen LogP contribution in [0.25, 0.3) is 22.0 Å². The summed E-state index contributed by atoms with van der Waals surface area (Å²) >= 11 is 0. The average molecular weight is 400 g/mol. The van der Waals surface area contributed by atoms with Gasteiger partial charge in [-0.25, -0.2) is 19.2 Å². The van der Waals surface area contributed by atoms with Gasteiger partial charge in [-0.1, -0.05) is 56.3 Å². The van der Waals surface area contributed by atoms with Crippen molar-refractivity contribution in [1.29, 1.82) is 0 Å². The summed E-state index contributed by atoms with van der Waals surface area (Å²) in [5.41, 5.74) is 2.85. The summed E-state index contributed by atoms with van der Waals surface area (Å²) in [6.45, 7) is 4.03. The van der Waals surface area contributed by atoms with E-state index in [9.17, 15) is 9.18 Å². The largest absolute Gasteiger partial charge is 0.326 e. The second kappa shape index (κ2) is 8.29. The van der Waals surface area contributed by atoms with E-state index in [-0.39, 0.29) is 17.7 Å². The van der Waals surface area contributed by atoms with Crippen molar-refractivity contribution in [1.82, 2.24) is 9.97 Å². The van der Waals surface area contributed by atoms with Gasteiger partial charge in [-0.05, 0) is 41.6 Å². The van der Waals surface area contributed by atoms with Gasteiger partial charge < -0.3 is 5.32 Å². The van der Waals surface area contributed by atoms with Gasteiger partial charge in [0, 0.05) is 22.3 Å². The Hall–Kier alpha value is -3.80. The fourth-order valence-electron chi connectivity index (χ4n) is 3.23. The van der Waals surface area contributed by atoms with Crippen LogP contribution in [0.1, 0.15) is 25.5 Å². The number of halogens is 1. The predicted octanol–water partition coefficient (Wildman–Crippen LogP) is 6.20. The van der Waals surface area contributed by atoms with E-state index in [0.717, 1.165) is 16.6 Å². The van der Waals surface area contributed by atoms with Crippen LogP contribution in [0.3, 0.4) is 0 Å². The number of carbonyl (C=O) groups excluding carboxylic acids is 1. The molecular weight excluding hydrogens is 379 g/mol. The summed E-state index contributed by atoms with van der Waals surface area (Å²) < 4.78 is 14.2. The number of nitrogens with one attached hydrogen (secondary N) is 2. The van der Waals surface area contributed by atoms with E-state index >= 15 is 0 Å². The maximum absolute atomic E-state index is 14.2. The fourth-order valence-corrected chi connectivity index (χ4v) is 3.23. The number of hydrogen-bond acceptors (Lipinski definition) is 3. The van der Waals surface area contributed by atoms with Crippen molar-refractivity contribution in [2.45, 2.75) is 19.8 Å². The summed E-state index contributed by atoms with van der Waals surface area (Å²) in [6.07, 6.45) is 0. The first-order valence-electron chi connectivity index (χ1n) is 9.71. The minimum atomic E-state index is -0.433. The number of nitrogens with zero attached hydrogens (tertiary/aromatic N) is 2. The van der Waals surface area contributed by atoms with E-state index in [4.69, 9.17) is 0 Å². The maximum atomic E-state index is 14.2. The molecule has 5 nitrogen and oxygen atoms in total. The third kappa shape index (κ3) is 4.12. The zero-order valence-corrected chi connectivity index (χ0v) is 16.7. The first-order valence-corrected chi connectivity index (χ1v) is 9.71. The number of carbonyl (C=O) groups is 1. The van der Waals surface area contributed by atoms with Gasteiger partial charge in [0.2, 0.25) is 5.95 Å². The second-order valence-electron chi connectivity index (χ2n) is 7.24. The lowest BCUT2D eigenvalue weighted by molar-refractivity contribution is 0.262. The molecule has 150 valence electrons. The van der Waals surface area contributed by atoms with Crippen LogP contribution in [0.4, 0.5) is 20.8 Å². The molecule has 1 heterocycles. The summed E-state index contributed by atoms with van der Waals surface area (Å²) in [6, 6.07) is 21.0. The molecule has 4 rings (SSSR count). The molecule has 30 heavy (non-hydrogen) atoms. The zero-order chi connectivity index (χ0) is 21.1. The first kappa shape index (κ1) is 19.5. The molecule has 2 N–H and O–H groups in total. The van der Waals surface area contributed by atoms with Gasteiger partial charge in [-0.2, -0.15) is 0 Å². The van der Waals surface area contributed by atoms with Crippen LogP contribution in [0, 0.1) is 5.82 Å². The molecule has 4 aromatic rings. The Labute approximate surface area is 174 Å². The highest BCUT2D eigenvalue weighted by Crippen LogP contribution is 2.31. The Bertz CT molecular complexity index is 1210. The molecule has 0 aliphatic heterocycles. The molecule has 0 radical (unpaired) electrons. The lowest BCUT2D eigenvalue weighted by atomic mass is 10.00. The maximum Gasteiger partial charge on any atom is 0.326 e. The van der Waals surface area contributed by atoms with Crippen molar-refractivity contribution in [3.05, 3.63) is 84.3 Å². The van der Waals surface area contributed by atoms with E-state index in [2.05, 4.69) is 20.6 Å². The molecule has 0 aliphatic rings. The summed E-state index contributed by atoms with van der Waals surface area (Å²) in [5.74, 6) is 0.0299. The quantitative estimate of drug-likeness (QED) is 0.428. The summed E-state index contributed by atoms with van der Waals surface area (Å²) in [4.78, 5) is 21.4. The number of aromatic nitrogens is 2. The van der Waals surface area contributed by atoms with Crippen LogP contribution in [-0.2, 0) is 0 Å². The molecule has 1 aromatic heterocycles. The topological polar surface area (TPSA) is 66.9 Å². The molecule has 0 spiro atoms. The Balaban J connectivity index is 1.72. The zero-order valence-electron chi connectivity index (χ0n) is 16.7. The van der Waals surface area contributed by atoms with Crippen molar-refractivity contribution in [3.8, 4) is 11.3 Å². The van der Waals surface area contributed by atoms with Gasteiger partial charge in [0.25, 0.3) is 0 Å². The van der Waals surface area contributed by atoms with Gasteiger partial charge in [-0.15, -0.1) is 0 Å². The number of hydrogen-bond donors (Lipinski definition) is 2. The summed E-state index contributed by atoms with van der Waals surface area (Å²) in [7, 11) is 0. The van der Waals surface area contributed by atoms with Crippen molar-refractivity contribution < 1.29 is 9.18 Å². The molecular formula is C24H21FN4O. The van der Waals surface area contributed by atoms with Gasteiger partial charge in [0.15, 0.2) is 0 Å². The highest BCUT2D eigenvalue weighted by molar-refractivity contribution is 5.99. The predicted molar refractivity (Wildman–Crippen MR) is 118 cm³/mol. The number of benzene rings is 3. The SMILES string of the molecule is CC(C)c1cc(-c2ccc(F)c3ccccc23)nc(NC(=O)Nc2ccccc2)n1. The Kier molecular flexibility index (Phi) is 5.39. The number of rotatable bonds is 4. The molecule has 0 bridgehead atoms. The van der Waals surface area contributed by atoms with Crippen LogP contribution in [0.5, 0.6) is 0 Å². The highest BCUT2D eigenvalue weighted by atomic mass is 19.1. The van der Waals surface area contributed by atoms with Gasteiger partial charge in [0.1, 0.15) is 5.82 Å². The van der Waals surface area contributed by atoms with E-state index in [1.54, 1.807) is 30.3 Å². The molecule has 0 aliphatic carbocycles. The average Bonchev–Trinajstić information content (AvgIpc) is 2.74. The molecule has 2 amide bonds. The van der Waals surface area contributed by atoms with E-state index in [1.165, 1.54) is 6.07 Å². The normalized spacial score (nSPS) is 10.9. The number of amides is 2. The van der Waals surface area contributed by atoms with Crippen molar-refractivity contribution >= 4 is 28.4 Å². The van der Waals surface area contributed by atoms with Gasteiger partial charge in [0.05, 0.1) is 5.69 Å². The van der Waals surface area contributed by atoms with E-state index < -0.39 is 6.03 Å². The monoisotopic (exact) mass is 400 g/mol. The molecule has 0 atom stereocenters. The molecule has 0 saturated heterocycles. The minimum absolute atomic E-state index is 0.121. The van der Waals surface area contributed by atoms with Crippen molar-refractivity contribution in [2.75, 3.05) is 10.6 Å². The lowest BCUT2D eigenvalue weighted by Gasteiger charge is -2.13. The van der Waals surface area contributed by atoms with Gasteiger partial charge >= 0.3 is 6.03 Å². The smallest absolute Gasteiger partial charge is 0.308 e. The fraction of sp³-hybridized carbons (Fsp3) is 0.125. The molecule has 0 saturated carbocycles. The lowest BCUT2D eigenvalue weighted by Crippen LogP contribution is -2.21. The Morgan fingerprint density at radius 1 is 0.867 bits per heavy atom. The first-order chi connectivity index (χ1) is 14.5. The van der Waals surface area contributed by atoms with Crippen LogP contribution < -0.4 is 10.6 Å². The minimum Gasteiger partial charge on any atom is -0.308 e. The Morgan fingerprint density at radius 2 is 1.57 bits per heavy atom. The second-order valence-corrected chi connectivity index (χ2v) is 7.24. The van der Waals surface area contributed by atoms with Crippen LogP contribution in [0.2, 0.25) is 0 Å². The number of fused-ring (bicyclic) bond motifs is 1. The standard InChI is InChI=1S/C24H21FN4O/c1-15(2)21-14-22(19-12-13-20(25)18-11-7-6-10-17(18)19)28-23(27-21)29-24(30)26-16-8-4-3-5-9-16/h3-15H,1-2H3,(H2,26,27,28,29,30). The van der Waals surface area contributed by atoms with Gasteiger partial charge in [-0.3, -0.25) is 5.32 Å². The Morgan fingerprint density at radius 3 is 2.30 bits per heavy atom. The number of para-hydroxylation sites is 1. The van der Waals surface area contributed by atoms with Crippen LogP contribution in [-0.4, -0.2) is 16.0 Å². The van der Waals surface area contributed by atoms with Crippen molar-refractivity contribution in [2.24, 2.45) is 0 Å². The number of anilines is 2. The van der Waals surface area contributed by atoms with Crippen LogP contribution in [0.15, 0.2) is 72.8 Å². The molecule has 6 heteroatoms. The highest BCUT2D eigenvalue weighted by Gasteiger charge is 2.14. The number of urea groups is 1. The molecule has 3 aromatic carbocycles. The van der Waals surface area contributed by atoms with E-state index in [0.29, 0.717) is 16.8 Å². The van der Waals surface area contributed by atoms with E-state index in [1.807, 2.05) is 50.2 Å². The molecule has 0 fully saturated rings. The molecule has 0 unspecified atom stereocenters. The third-order valence-electron chi connectivity index (χ3n) is 4.74. The van der Waals surface area contributed by atoms with Crippen molar-refractivity contribution in [3.63, 3.8) is 0 Å². The van der Waals surface area contributed by atoms with Crippen LogP contribution >= 0.6 is 0 Å².